The van der Waals surface area contributed by atoms with Crippen LogP contribution in [0.3, 0.4) is 0 Å². The van der Waals surface area contributed by atoms with Gasteiger partial charge >= 0.3 is 13.8 Å². The fraction of sp³-hybridized carbons (Fsp3) is 0.758. The Hall–Kier alpha value is -2.81. The van der Waals surface area contributed by atoms with Gasteiger partial charge in [0.1, 0.15) is 19.3 Å². The lowest BCUT2D eigenvalue weighted by molar-refractivity contribution is -0.870. The van der Waals surface area contributed by atoms with Crippen molar-refractivity contribution in [2.45, 2.75) is 283 Å². The van der Waals surface area contributed by atoms with Crippen LogP contribution in [0.2, 0.25) is 0 Å². The quantitative estimate of drug-likeness (QED) is 0.0156. The van der Waals surface area contributed by atoms with Crippen molar-refractivity contribution in [3.8, 4) is 0 Å². The van der Waals surface area contributed by atoms with E-state index in [0.717, 1.165) is 109 Å². The van der Waals surface area contributed by atoms with Gasteiger partial charge in [-0.05, 0) is 102 Å². The molecule has 0 fully saturated rings. The largest absolute Gasteiger partial charge is 0.472 e. The maximum absolute atomic E-state index is 13.6. The SMILES string of the molecule is CCCCC/C=C\C/C=C\C/C=C\C/C=C\CCCCCCCCCC(=O)NC(COP(=O)(O)OCC[N+](C)(C)C)C(/C=C\CCCCCCCCCCCC)OC(=O)CCCCCCCC/C=C/C=C/CCCCC. The number of phosphoric acid groups is 1. The number of allylic oxidation sites excluding steroid dienone is 13. The highest BCUT2D eigenvalue weighted by atomic mass is 31.2. The molecule has 0 aromatic heterocycles. The van der Waals surface area contributed by atoms with Gasteiger partial charge < -0.3 is 19.4 Å². The Morgan fingerprint density at radius 1 is 0.474 bits per heavy atom. The average molecular weight is 1080 g/mol. The van der Waals surface area contributed by atoms with Crippen molar-refractivity contribution in [2.24, 2.45) is 0 Å². The zero-order valence-electron chi connectivity index (χ0n) is 50.2. The third-order valence-corrected chi connectivity index (χ3v) is 14.6. The number of amides is 1. The number of carbonyl (C=O) groups is 2. The van der Waals surface area contributed by atoms with Crippen molar-refractivity contribution in [1.82, 2.24) is 5.32 Å². The summed E-state index contributed by atoms with van der Waals surface area (Å²) in [5.41, 5.74) is 0. The molecule has 1 amide bonds. The summed E-state index contributed by atoms with van der Waals surface area (Å²) in [5, 5.41) is 3.05. The Morgan fingerprint density at radius 2 is 0.842 bits per heavy atom. The molecule has 0 spiro atoms. The highest BCUT2D eigenvalue weighted by Crippen LogP contribution is 2.43. The Labute approximate surface area is 469 Å². The van der Waals surface area contributed by atoms with E-state index in [9.17, 15) is 19.0 Å². The number of hydrogen-bond donors (Lipinski definition) is 2. The van der Waals surface area contributed by atoms with E-state index in [1.54, 1.807) is 0 Å². The molecule has 76 heavy (non-hydrogen) atoms. The van der Waals surface area contributed by atoms with Crippen LogP contribution in [0.1, 0.15) is 271 Å². The van der Waals surface area contributed by atoms with Gasteiger partial charge in [0.2, 0.25) is 5.91 Å². The van der Waals surface area contributed by atoms with E-state index in [-0.39, 0.29) is 31.5 Å². The van der Waals surface area contributed by atoms with E-state index in [0.29, 0.717) is 17.4 Å². The molecule has 0 radical (unpaired) electrons. The maximum Gasteiger partial charge on any atom is 0.472 e. The lowest BCUT2D eigenvalue weighted by Gasteiger charge is -2.27. The molecule has 3 atom stereocenters. The van der Waals surface area contributed by atoms with Crippen LogP contribution in [0, 0.1) is 0 Å². The van der Waals surface area contributed by atoms with Gasteiger partial charge in [-0.1, -0.05) is 241 Å². The molecule has 0 aliphatic rings. The maximum atomic E-state index is 13.6. The van der Waals surface area contributed by atoms with Crippen molar-refractivity contribution in [1.29, 1.82) is 0 Å². The van der Waals surface area contributed by atoms with Crippen molar-refractivity contribution in [2.75, 3.05) is 40.9 Å². The van der Waals surface area contributed by atoms with Crippen LogP contribution >= 0.6 is 7.82 Å². The first-order valence-corrected chi connectivity index (χ1v) is 32.9. The molecule has 0 rings (SSSR count). The molecule has 0 bridgehead atoms. The summed E-state index contributed by atoms with van der Waals surface area (Å²) in [5.74, 6) is -0.531. The second-order valence-corrected chi connectivity index (χ2v) is 23.7. The average Bonchev–Trinajstić information content (AvgIpc) is 3.38. The Bertz CT molecular complexity index is 1580. The predicted octanol–water partition coefficient (Wildman–Crippen LogP) is 19.4. The Balaban J connectivity index is 5.25. The van der Waals surface area contributed by atoms with Gasteiger partial charge in [-0.2, -0.15) is 0 Å². The molecule has 0 saturated heterocycles. The number of likely N-dealkylation sites (N-methyl/N-ethyl adjacent to an activating group) is 1. The van der Waals surface area contributed by atoms with Crippen LogP contribution in [0.4, 0.5) is 0 Å². The summed E-state index contributed by atoms with van der Waals surface area (Å²) in [6.07, 6.45) is 72.9. The number of carbonyl (C=O) groups excluding carboxylic acids is 2. The number of nitrogens with zero attached hydrogens (tertiary/aromatic N) is 1. The third kappa shape index (κ3) is 55.9. The van der Waals surface area contributed by atoms with Crippen LogP contribution in [0.5, 0.6) is 0 Å². The Morgan fingerprint density at radius 3 is 1.30 bits per heavy atom. The van der Waals surface area contributed by atoms with Crippen molar-refractivity contribution >= 4 is 19.7 Å². The number of rotatable bonds is 56. The first kappa shape index (κ1) is 73.2. The third-order valence-electron chi connectivity index (χ3n) is 13.6. The standard InChI is InChI=1S/C66H119N2O7P/c1-7-10-13-16-19-22-25-28-30-31-32-33-34-35-36-37-39-40-43-46-49-52-55-58-65(69)67-63(62-74-76(71,72)73-61-60-68(4,5)6)64(57-54-51-48-45-42-27-24-21-18-15-12-9-3)75-66(70)59-56-53-50-47-44-41-38-29-26-23-20-17-14-11-8-2/h19-20,22-23,26,28-30,32-33,35-36,54,57,63-64H,7-18,21,24-25,27,31,34,37-53,55-56,58-62H2,1-6H3,(H-,67,69,71,72)/p+1/b22-19-,23-20+,29-26+,30-28-,33-32-,36-35-,57-54-. The molecule has 10 heteroatoms. The minimum Gasteiger partial charge on any atom is -0.456 e. The first-order chi connectivity index (χ1) is 36.9. The summed E-state index contributed by atoms with van der Waals surface area (Å²) >= 11 is 0. The monoisotopic (exact) mass is 1080 g/mol. The molecule has 0 aromatic rings. The second-order valence-electron chi connectivity index (χ2n) is 22.3. The predicted molar refractivity (Wildman–Crippen MR) is 328 cm³/mol. The highest BCUT2D eigenvalue weighted by Gasteiger charge is 2.30. The summed E-state index contributed by atoms with van der Waals surface area (Å²) in [6.45, 7) is 6.94. The summed E-state index contributed by atoms with van der Waals surface area (Å²) in [7, 11) is 1.47. The lowest BCUT2D eigenvalue weighted by Crippen LogP contribution is -2.47. The van der Waals surface area contributed by atoms with E-state index in [2.05, 4.69) is 99.0 Å². The van der Waals surface area contributed by atoms with Gasteiger partial charge in [-0.25, -0.2) is 4.57 Å². The molecule has 0 aliphatic heterocycles. The van der Waals surface area contributed by atoms with E-state index >= 15 is 0 Å². The van der Waals surface area contributed by atoms with Crippen molar-refractivity contribution in [3.63, 3.8) is 0 Å². The van der Waals surface area contributed by atoms with Crippen LogP contribution in [-0.4, -0.2) is 74.3 Å². The second kappa shape index (κ2) is 55.5. The van der Waals surface area contributed by atoms with Gasteiger partial charge in [0.15, 0.2) is 0 Å². The summed E-state index contributed by atoms with van der Waals surface area (Å²) in [4.78, 5) is 37.7. The van der Waals surface area contributed by atoms with Crippen LogP contribution in [0.15, 0.2) is 85.1 Å². The minimum absolute atomic E-state index is 0.0325. The number of hydrogen-bond acceptors (Lipinski definition) is 6. The smallest absolute Gasteiger partial charge is 0.456 e. The number of nitrogens with one attached hydrogen (secondary N) is 1. The summed E-state index contributed by atoms with van der Waals surface area (Å²) in [6, 6.07) is -0.863. The van der Waals surface area contributed by atoms with Crippen LogP contribution < -0.4 is 5.32 Å². The van der Waals surface area contributed by atoms with Gasteiger partial charge in [0.25, 0.3) is 0 Å². The first-order valence-electron chi connectivity index (χ1n) is 31.4. The van der Waals surface area contributed by atoms with Gasteiger partial charge in [0, 0.05) is 12.8 Å². The summed E-state index contributed by atoms with van der Waals surface area (Å²) < 4.78 is 30.7. The number of unbranched alkanes of at least 4 members (excludes halogenated alkanes) is 29. The molecule has 0 heterocycles. The fourth-order valence-corrected chi connectivity index (χ4v) is 9.41. The van der Waals surface area contributed by atoms with Gasteiger partial charge in [-0.15, -0.1) is 0 Å². The van der Waals surface area contributed by atoms with Gasteiger partial charge in [0.05, 0.1) is 33.8 Å². The Kier molecular flexibility index (Phi) is 53.5. The minimum atomic E-state index is -4.46. The molecular formula is C66H120N2O7P+. The van der Waals surface area contributed by atoms with E-state index in [1.807, 2.05) is 33.3 Å². The van der Waals surface area contributed by atoms with Crippen LogP contribution in [0.25, 0.3) is 0 Å². The fourth-order valence-electron chi connectivity index (χ4n) is 8.68. The lowest BCUT2D eigenvalue weighted by atomic mass is 10.0. The topological polar surface area (TPSA) is 111 Å². The van der Waals surface area contributed by atoms with Crippen molar-refractivity contribution < 1.29 is 37.3 Å². The number of phosphoric ester groups is 1. The normalized spacial score (nSPS) is 14.2. The number of esters is 1. The number of ether oxygens (including phenoxy) is 1. The zero-order chi connectivity index (χ0) is 55.7. The molecule has 9 nitrogen and oxygen atoms in total. The van der Waals surface area contributed by atoms with Gasteiger partial charge in [-0.3, -0.25) is 18.6 Å². The van der Waals surface area contributed by atoms with Crippen LogP contribution in [-0.2, 0) is 27.9 Å². The van der Waals surface area contributed by atoms with E-state index in [1.165, 1.54) is 128 Å². The molecular weight excluding hydrogens is 964 g/mol. The molecule has 0 aromatic carbocycles. The number of quaternary nitrogens is 1. The molecule has 2 N–H and O–H groups in total. The van der Waals surface area contributed by atoms with Crippen molar-refractivity contribution in [3.05, 3.63) is 85.1 Å². The highest BCUT2D eigenvalue weighted by molar-refractivity contribution is 7.47. The molecule has 0 saturated carbocycles. The molecule has 440 valence electrons. The van der Waals surface area contributed by atoms with E-state index in [4.69, 9.17) is 13.8 Å². The molecule has 0 aliphatic carbocycles. The molecule has 3 unspecified atom stereocenters. The van der Waals surface area contributed by atoms with E-state index < -0.39 is 20.0 Å². The zero-order valence-corrected chi connectivity index (χ0v) is 51.1.